The summed E-state index contributed by atoms with van der Waals surface area (Å²) in [4.78, 5) is 53.2. The van der Waals surface area contributed by atoms with E-state index in [0.717, 1.165) is 22.2 Å². The van der Waals surface area contributed by atoms with Gasteiger partial charge in [-0.1, -0.05) is 62.4 Å². The van der Waals surface area contributed by atoms with E-state index < -0.39 is 0 Å². The third-order valence-electron chi connectivity index (χ3n) is 7.01. The Labute approximate surface area is 264 Å². The van der Waals surface area contributed by atoms with Crippen molar-refractivity contribution in [2.24, 2.45) is 0 Å². The molecular formula is C34H31N2O4Y-. The number of carbonyl (C=O) groups excluding carboxylic acids is 3. The van der Waals surface area contributed by atoms with Gasteiger partial charge in [0.1, 0.15) is 0 Å². The van der Waals surface area contributed by atoms with Gasteiger partial charge in [-0.05, 0) is 60.9 Å². The molecule has 1 aliphatic heterocycles. The molecule has 1 aromatic heterocycles. The zero-order chi connectivity index (χ0) is 27.7. The summed E-state index contributed by atoms with van der Waals surface area (Å²) in [5.41, 5.74) is 5.94. The van der Waals surface area contributed by atoms with Gasteiger partial charge >= 0.3 is 0 Å². The number of fused-ring (bicyclic) bond motifs is 5. The van der Waals surface area contributed by atoms with Crippen LogP contribution in [0.3, 0.4) is 0 Å². The van der Waals surface area contributed by atoms with Crippen molar-refractivity contribution in [1.29, 1.82) is 0 Å². The summed E-state index contributed by atoms with van der Waals surface area (Å²) >= 11 is 0. The van der Waals surface area contributed by atoms with Crippen molar-refractivity contribution in [3.05, 3.63) is 136 Å². The number of H-pyrrole nitrogens is 1. The molecule has 4 aromatic carbocycles. The number of nitrogens with zero attached hydrogens (tertiary/aromatic N) is 1. The number of imide groups is 1. The van der Waals surface area contributed by atoms with E-state index in [2.05, 4.69) is 4.98 Å². The summed E-state index contributed by atoms with van der Waals surface area (Å²) in [6, 6.07) is 25.8. The van der Waals surface area contributed by atoms with E-state index in [1.807, 2.05) is 74.5 Å². The zero-order valence-electron chi connectivity index (χ0n) is 23.7. The molecule has 5 aromatic rings. The number of hydrogen-bond donors (Lipinski definition) is 1. The van der Waals surface area contributed by atoms with Gasteiger partial charge in [-0.2, -0.15) is 0 Å². The van der Waals surface area contributed by atoms with Gasteiger partial charge in [-0.15, -0.1) is 0 Å². The maximum absolute atomic E-state index is 12.8. The van der Waals surface area contributed by atoms with Crippen LogP contribution in [0.5, 0.6) is 0 Å². The maximum Gasteiger partial charge on any atom is 0.261 e. The van der Waals surface area contributed by atoms with Crippen LogP contribution < -0.4 is 5.43 Å². The Morgan fingerprint density at radius 3 is 1.85 bits per heavy atom. The van der Waals surface area contributed by atoms with Crippen LogP contribution in [0.25, 0.3) is 21.8 Å². The molecule has 0 unspecified atom stereocenters. The molecule has 2 heterocycles. The summed E-state index contributed by atoms with van der Waals surface area (Å²) in [6.45, 7) is 6.23. The van der Waals surface area contributed by atoms with Gasteiger partial charge in [0.15, 0.2) is 11.2 Å². The van der Waals surface area contributed by atoms with Crippen LogP contribution in [0, 0.1) is 7.43 Å². The van der Waals surface area contributed by atoms with E-state index >= 15 is 0 Å². The van der Waals surface area contributed by atoms with Crippen LogP contribution in [-0.2, 0) is 39.1 Å². The average Bonchev–Trinajstić information content (AvgIpc) is 3.23. The van der Waals surface area contributed by atoms with Crippen LogP contribution in [0.15, 0.2) is 89.7 Å². The number of hydrogen-bond acceptors (Lipinski definition) is 4. The van der Waals surface area contributed by atoms with Crippen molar-refractivity contribution in [1.82, 2.24) is 9.88 Å². The number of amides is 2. The third-order valence-corrected chi connectivity index (χ3v) is 7.01. The van der Waals surface area contributed by atoms with Crippen molar-refractivity contribution >= 4 is 39.4 Å². The molecule has 0 fully saturated rings. The Balaban J connectivity index is 0.000000234. The first-order valence-corrected chi connectivity index (χ1v) is 13.1. The van der Waals surface area contributed by atoms with E-state index in [1.165, 1.54) is 4.90 Å². The molecule has 1 radical (unpaired) electrons. The third kappa shape index (κ3) is 5.59. The van der Waals surface area contributed by atoms with Crippen LogP contribution in [0.2, 0.25) is 0 Å². The molecule has 2 aliphatic rings. The molecule has 0 bridgehead atoms. The first-order chi connectivity index (χ1) is 19.0. The van der Waals surface area contributed by atoms with Crippen molar-refractivity contribution in [2.45, 2.75) is 27.2 Å². The van der Waals surface area contributed by atoms with E-state index in [1.54, 1.807) is 31.2 Å². The Hall–Kier alpha value is -3.74. The van der Waals surface area contributed by atoms with E-state index in [-0.39, 0.29) is 63.2 Å². The minimum absolute atomic E-state index is 0. The summed E-state index contributed by atoms with van der Waals surface area (Å²) < 4.78 is 0. The quantitative estimate of drug-likeness (QED) is 0.128. The van der Waals surface area contributed by atoms with Crippen LogP contribution >= 0.6 is 0 Å². The smallest absolute Gasteiger partial charge is 0.261 e. The monoisotopic (exact) mass is 620 g/mol. The number of benzene rings is 4. The normalized spacial score (nSPS) is 12.6. The molecule has 0 spiro atoms. The van der Waals surface area contributed by atoms with Gasteiger partial charge in [-0.3, -0.25) is 24.1 Å². The largest absolute Gasteiger partial charge is 0.358 e. The van der Waals surface area contributed by atoms with Crippen molar-refractivity contribution in [3.63, 3.8) is 0 Å². The van der Waals surface area contributed by atoms with E-state index in [0.29, 0.717) is 45.9 Å². The van der Waals surface area contributed by atoms with Crippen LogP contribution in [0.4, 0.5) is 0 Å². The molecule has 7 rings (SSSR count). The molecule has 41 heavy (non-hydrogen) atoms. The molecule has 0 saturated carbocycles. The number of ketones is 1. The molecular weight excluding hydrogens is 589 g/mol. The SMILES string of the molecule is CC.CCN1C(=O)c2ccccc2C1=O.O=C1c2ccccc2Cc2cc3c(=O)c4ccccc4[nH]c3cc21.[CH3-].[Y]. The molecule has 2 amide bonds. The first-order valence-electron chi connectivity index (χ1n) is 13.1. The zero-order valence-corrected chi connectivity index (χ0v) is 26.5. The number of aromatic amines is 1. The van der Waals surface area contributed by atoms with Gasteiger partial charge in [-0.25, -0.2) is 0 Å². The van der Waals surface area contributed by atoms with Gasteiger partial charge in [0.05, 0.1) is 16.6 Å². The summed E-state index contributed by atoms with van der Waals surface area (Å²) in [7, 11) is 0. The summed E-state index contributed by atoms with van der Waals surface area (Å²) in [5, 5.41) is 1.31. The van der Waals surface area contributed by atoms with Crippen LogP contribution in [-0.4, -0.2) is 34.0 Å². The predicted molar refractivity (Wildman–Crippen MR) is 160 cm³/mol. The number of pyridine rings is 1. The Bertz CT molecular complexity index is 1810. The molecule has 6 nitrogen and oxygen atoms in total. The molecule has 0 atom stereocenters. The van der Waals surface area contributed by atoms with E-state index in [4.69, 9.17) is 0 Å². The molecule has 0 saturated heterocycles. The number of nitrogens with one attached hydrogen (secondary N) is 1. The number of aromatic nitrogens is 1. The minimum Gasteiger partial charge on any atom is -0.358 e. The van der Waals surface area contributed by atoms with Crippen LogP contribution in [0.1, 0.15) is 68.5 Å². The number of para-hydroxylation sites is 1. The molecule has 205 valence electrons. The summed E-state index contributed by atoms with van der Waals surface area (Å²) in [6.07, 6.45) is 0.680. The average molecular weight is 621 g/mol. The van der Waals surface area contributed by atoms with Crippen molar-refractivity contribution in [3.8, 4) is 0 Å². The van der Waals surface area contributed by atoms with Crippen molar-refractivity contribution < 1.29 is 47.1 Å². The van der Waals surface area contributed by atoms with Gasteiger partial charge in [0, 0.05) is 66.7 Å². The fraction of sp³-hybridized carbons (Fsp3) is 0.147. The van der Waals surface area contributed by atoms with Crippen molar-refractivity contribution in [2.75, 3.05) is 6.54 Å². The minimum atomic E-state index is -0.178. The van der Waals surface area contributed by atoms with Gasteiger partial charge < -0.3 is 12.4 Å². The Kier molecular flexibility index (Phi) is 10.3. The molecule has 1 N–H and O–H groups in total. The maximum atomic E-state index is 12.8. The first kappa shape index (κ1) is 31.8. The fourth-order valence-corrected chi connectivity index (χ4v) is 5.15. The standard InChI is InChI=1S/C21H13NO2.C10H9NO2.C2H6.CH3.Y/c23-20-14-6-2-1-5-12(14)9-13-10-17-19(11-16(13)20)22-18-8-4-3-7-15(18)21(17)24;1-2-11-9(12)7-5-3-4-6-8(7)10(11)13;1-2;;/h1-8,10-11H,9H2,(H,22,24);3-6H,2H2,1H3;1-2H3;1H3;/q;;;-1;. The Morgan fingerprint density at radius 2 is 1.22 bits per heavy atom. The second-order valence-corrected chi connectivity index (χ2v) is 9.12. The van der Waals surface area contributed by atoms with E-state index in [9.17, 15) is 19.2 Å². The topological polar surface area (TPSA) is 87.3 Å². The fourth-order valence-electron chi connectivity index (χ4n) is 5.15. The predicted octanol–water partition coefficient (Wildman–Crippen LogP) is 6.59. The summed E-state index contributed by atoms with van der Waals surface area (Å²) in [5.74, 6) is -0.325. The molecule has 1 aliphatic carbocycles. The van der Waals surface area contributed by atoms with Gasteiger partial charge in [0.25, 0.3) is 11.8 Å². The number of carbonyl (C=O) groups is 3. The number of rotatable bonds is 1. The Morgan fingerprint density at radius 1 is 0.659 bits per heavy atom. The molecule has 7 heteroatoms. The second kappa shape index (κ2) is 13.3. The second-order valence-electron chi connectivity index (χ2n) is 9.12. The van der Waals surface area contributed by atoms with Gasteiger partial charge in [0.2, 0.25) is 0 Å².